The summed E-state index contributed by atoms with van der Waals surface area (Å²) in [5.74, 6) is 1.67. The first kappa shape index (κ1) is 24.7. The van der Waals surface area contributed by atoms with Gasteiger partial charge in [-0.05, 0) is 62.1 Å². The van der Waals surface area contributed by atoms with E-state index in [4.69, 9.17) is 9.47 Å². The third-order valence-corrected chi connectivity index (χ3v) is 5.94. The highest BCUT2D eigenvalue weighted by molar-refractivity contribution is 5.81. The van der Waals surface area contributed by atoms with Crippen LogP contribution in [-0.2, 0) is 0 Å². The molecule has 3 aromatic rings. The fraction of sp³-hybridized carbons (Fsp3) is 0.400. The van der Waals surface area contributed by atoms with E-state index in [9.17, 15) is 0 Å². The SMILES string of the molecule is CCCC(CC)Oc1cccc(N(c2ccccc2)c2ccccc2)c1OC(CC)CCC. The highest BCUT2D eigenvalue weighted by Crippen LogP contribution is 2.45. The molecule has 0 heterocycles. The van der Waals surface area contributed by atoms with Crippen LogP contribution in [0.1, 0.15) is 66.2 Å². The molecule has 0 saturated carbocycles. The van der Waals surface area contributed by atoms with Gasteiger partial charge in [0.1, 0.15) is 0 Å². The van der Waals surface area contributed by atoms with Crippen molar-refractivity contribution in [2.75, 3.05) is 4.90 Å². The lowest BCUT2D eigenvalue weighted by molar-refractivity contribution is 0.150. The normalized spacial score (nSPS) is 12.7. The minimum atomic E-state index is 0.151. The van der Waals surface area contributed by atoms with E-state index in [-0.39, 0.29) is 12.2 Å². The molecule has 2 unspecified atom stereocenters. The van der Waals surface area contributed by atoms with Crippen molar-refractivity contribution < 1.29 is 9.47 Å². The van der Waals surface area contributed by atoms with E-state index in [1.165, 1.54) is 0 Å². The van der Waals surface area contributed by atoms with Crippen LogP contribution in [0.2, 0.25) is 0 Å². The summed E-state index contributed by atoms with van der Waals surface area (Å²) in [6, 6.07) is 27.2. The van der Waals surface area contributed by atoms with Crippen LogP contribution in [0.15, 0.2) is 78.9 Å². The van der Waals surface area contributed by atoms with Gasteiger partial charge < -0.3 is 14.4 Å². The molecule has 3 nitrogen and oxygen atoms in total. The molecule has 3 aromatic carbocycles. The molecule has 0 bridgehead atoms. The van der Waals surface area contributed by atoms with E-state index in [0.717, 1.165) is 67.1 Å². The van der Waals surface area contributed by atoms with Gasteiger partial charge in [0.05, 0.1) is 17.9 Å². The third kappa shape index (κ3) is 6.54. The van der Waals surface area contributed by atoms with Crippen LogP contribution in [0.4, 0.5) is 17.1 Å². The first-order valence-electron chi connectivity index (χ1n) is 12.6. The number of ether oxygens (including phenoxy) is 2. The smallest absolute Gasteiger partial charge is 0.185 e. The maximum Gasteiger partial charge on any atom is 0.185 e. The zero-order valence-corrected chi connectivity index (χ0v) is 20.7. The van der Waals surface area contributed by atoms with Gasteiger partial charge in [0.25, 0.3) is 0 Å². The molecule has 2 atom stereocenters. The van der Waals surface area contributed by atoms with Crippen LogP contribution in [0.5, 0.6) is 11.5 Å². The Kier molecular flexibility index (Phi) is 9.68. The number of hydrogen-bond donors (Lipinski definition) is 0. The zero-order valence-electron chi connectivity index (χ0n) is 20.7. The van der Waals surface area contributed by atoms with Gasteiger partial charge >= 0.3 is 0 Å². The van der Waals surface area contributed by atoms with Gasteiger partial charge in [-0.3, -0.25) is 0 Å². The molecule has 3 rings (SSSR count). The first-order valence-corrected chi connectivity index (χ1v) is 12.6. The Morgan fingerprint density at radius 2 is 1.12 bits per heavy atom. The molecule has 176 valence electrons. The van der Waals surface area contributed by atoms with Crippen molar-refractivity contribution in [3.63, 3.8) is 0 Å². The summed E-state index contributed by atoms with van der Waals surface area (Å²) in [6.45, 7) is 8.81. The van der Waals surface area contributed by atoms with Gasteiger partial charge in [-0.1, -0.05) is 83.0 Å². The lowest BCUT2D eigenvalue weighted by Gasteiger charge is -2.30. The predicted molar refractivity (Wildman–Crippen MR) is 140 cm³/mol. The maximum atomic E-state index is 6.75. The van der Waals surface area contributed by atoms with Crippen molar-refractivity contribution in [1.29, 1.82) is 0 Å². The van der Waals surface area contributed by atoms with Crippen LogP contribution < -0.4 is 14.4 Å². The Balaban J connectivity index is 2.15. The summed E-state index contributed by atoms with van der Waals surface area (Å²) >= 11 is 0. The maximum absolute atomic E-state index is 6.75. The van der Waals surface area contributed by atoms with E-state index in [2.05, 4.69) is 111 Å². The van der Waals surface area contributed by atoms with Crippen LogP contribution in [0.3, 0.4) is 0 Å². The Bertz CT molecular complexity index is 903. The average molecular weight is 446 g/mol. The summed E-state index contributed by atoms with van der Waals surface area (Å²) in [7, 11) is 0. The van der Waals surface area contributed by atoms with Crippen LogP contribution >= 0.6 is 0 Å². The molecule has 0 aliphatic heterocycles. The Labute approximate surface area is 200 Å². The topological polar surface area (TPSA) is 21.7 Å². The third-order valence-electron chi connectivity index (χ3n) is 5.94. The van der Waals surface area contributed by atoms with E-state index in [0.29, 0.717) is 0 Å². The minimum Gasteiger partial charge on any atom is -0.486 e. The van der Waals surface area contributed by atoms with Crippen molar-refractivity contribution in [3.8, 4) is 11.5 Å². The van der Waals surface area contributed by atoms with Crippen molar-refractivity contribution in [1.82, 2.24) is 0 Å². The number of para-hydroxylation sites is 3. The molecule has 0 aliphatic carbocycles. The zero-order chi connectivity index (χ0) is 23.5. The molecule has 0 aliphatic rings. The van der Waals surface area contributed by atoms with E-state index < -0.39 is 0 Å². The average Bonchev–Trinajstić information content (AvgIpc) is 2.86. The summed E-state index contributed by atoms with van der Waals surface area (Å²) in [5, 5.41) is 0. The van der Waals surface area contributed by atoms with E-state index in [1.807, 2.05) is 0 Å². The molecule has 0 spiro atoms. The summed E-state index contributed by atoms with van der Waals surface area (Å²) in [4.78, 5) is 2.27. The first-order chi connectivity index (χ1) is 16.2. The largest absolute Gasteiger partial charge is 0.486 e. The highest BCUT2D eigenvalue weighted by atomic mass is 16.5. The van der Waals surface area contributed by atoms with Gasteiger partial charge in [0, 0.05) is 11.4 Å². The lowest BCUT2D eigenvalue weighted by atomic mass is 10.1. The number of anilines is 3. The van der Waals surface area contributed by atoms with Gasteiger partial charge in [0.15, 0.2) is 11.5 Å². The molecule has 33 heavy (non-hydrogen) atoms. The monoisotopic (exact) mass is 445 g/mol. The Morgan fingerprint density at radius 3 is 1.61 bits per heavy atom. The van der Waals surface area contributed by atoms with Gasteiger partial charge in [-0.15, -0.1) is 0 Å². The van der Waals surface area contributed by atoms with E-state index in [1.54, 1.807) is 0 Å². The van der Waals surface area contributed by atoms with Crippen molar-refractivity contribution in [3.05, 3.63) is 78.9 Å². The molecule has 3 heteroatoms. The van der Waals surface area contributed by atoms with Crippen LogP contribution in [-0.4, -0.2) is 12.2 Å². The Morgan fingerprint density at radius 1 is 0.606 bits per heavy atom. The lowest BCUT2D eigenvalue weighted by Crippen LogP contribution is -2.20. The van der Waals surface area contributed by atoms with Gasteiger partial charge in [-0.25, -0.2) is 0 Å². The molecular weight excluding hydrogens is 406 g/mol. The molecule has 0 fully saturated rings. The van der Waals surface area contributed by atoms with E-state index >= 15 is 0 Å². The van der Waals surface area contributed by atoms with Crippen LogP contribution in [0, 0.1) is 0 Å². The van der Waals surface area contributed by atoms with Gasteiger partial charge in [-0.2, -0.15) is 0 Å². The Hall–Kier alpha value is -2.94. The molecular formula is C30H39NO2. The molecule has 0 radical (unpaired) electrons. The summed E-state index contributed by atoms with van der Waals surface area (Å²) in [6.07, 6.45) is 6.52. The second kappa shape index (κ2) is 12.9. The number of nitrogens with zero attached hydrogens (tertiary/aromatic N) is 1. The fourth-order valence-corrected chi connectivity index (χ4v) is 4.16. The number of rotatable bonds is 13. The molecule has 0 amide bonds. The summed E-state index contributed by atoms with van der Waals surface area (Å²) < 4.78 is 13.3. The second-order valence-corrected chi connectivity index (χ2v) is 8.48. The molecule has 0 saturated heterocycles. The predicted octanol–water partition coefficient (Wildman–Crippen LogP) is 9.07. The molecule has 0 N–H and O–H groups in total. The summed E-state index contributed by atoms with van der Waals surface area (Å²) in [5.41, 5.74) is 3.19. The second-order valence-electron chi connectivity index (χ2n) is 8.48. The highest BCUT2D eigenvalue weighted by Gasteiger charge is 2.23. The quantitative estimate of drug-likeness (QED) is 0.262. The standard InChI is InChI=1S/C30H39NO2/c1-5-16-26(7-3)32-29-23-15-22-28(30(29)33-27(8-4)17-6-2)31(24-18-11-9-12-19-24)25-20-13-10-14-21-25/h9-15,18-23,26-27H,5-8,16-17H2,1-4H3. The fourth-order valence-electron chi connectivity index (χ4n) is 4.16. The van der Waals surface area contributed by atoms with Crippen molar-refractivity contribution in [2.45, 2.75) is 78.4 Å². The van der Waals surface area contributed by atoms with Crippen molar-refractivity contribution >= 4 is 17.1 Å². The van der Waals surface area contributed by atoms with Gasteiger partial charge in [0.2, 0.25) is 0 Å². The number of hydrogen-bond acceptors (Lipinski definition) is 3. The van der Waals surface area contributed by atoms with Crippen LogP contribution in [0.25, 0.3) is 0 Å². The minimum absolute atomic E-state index is 0.151. The van der Waals surface area contributed by atoms with Crippen molar-refractivity contribution in [2.24, 2.45) is 0 Å². The molecule has 0 aromatic heterocycles. The number of benzene rings is 3.